The van der Waals surface area contributed by atoms with Crippen molar-refractivity contribution in [2.45, 2.75) is 6.54 Å². The van der Waals surface area contributed by atoms with E-state index in [1.165, 1.54) is 4.90 Å². The summed E-state index contributed by atoms with van der Waals surface area (Å²) in [6.07, 6.45) is 1.65. The van der Waals surface area contributed by atoms with Gasteiger partial charge in [0.2, 0.25) is 0 Å². The second-order valence-electron chi connectivity index (χ2n) is 5.48. The molecular formula is C19H17N3O2. The molecule has 2 amide bonds. The molecule has 0 atom stereocenters. The number of hydrogen-bond acceptors (Lipinski definition) is 3. The average Bonchev–Trinajstić information content (AvgIpc) is 2.62. The van der Waals surface area contributed by atoms with E-state index in [0.717, 1.165) is 10.9 Å². The lowest BCUT2D eigenvalue weighted by molar-refractivity contribution is -0.142. The fourth-order valence-electron chi connectivity index (χ4n) is 2.48. The Balaban J connectivity index is 1.73. The molecule has 0 unspecified atom stereocenters. The van der Waals surface area contributed by atoms with Crippen LogP contribution in [0.2, 0.25) is 0 Å². The SMILES string of the molecule is CN(Cc1ccccc1)C(=O)C(=O)Nc1cccc2cccnc12. The van der Waals surface area contributed by atoms with Crippen molar-refractivity contribution in [3.63, 3.8) is 0 Å². The summed E-state index contributed by atoms with van der Waals surface area (Å²) < 4.78 is 0. The van der Waals surface area contributed by atoms with E-state index in [1.807, 2.05) is 54.6 Å². The summed E-state index contributed by atoms with van der Waals surface area (Å²) in [6, 6.07) is 18.7. The first-order valence-electron chi connectivity index (χ1n) is 7.59. The fourth-order valence-corrected chi connectivity index (χ4v) is 2.48. The summed E-state index contributed by atoms with van der Waals surface area (Å²) in [7, 11) is 1.61. The van der Waals surface area contributed by atoms with E-state index < -0.39 is 11.8 Å². The molecule has 0 fully saturated rings. The molecule has 24 heavy (non-hydrogen) atoms. The molecule has 0 bridgehead atoms. The average molecular weight is 319 g/mol. The second kappa shape index (κ2) is 6.91. The van der Waals surface area contributed by atoms with Gasteiger partial charge in [0.05, 0.1) is 11.2 Å². The number of carbonyl (C=O) groups excluding carboxylic acids is 2. The molecule has 1 heterocycles. The van der Waals surface area contributed by atoms with E-state index in [0.29, 0.717) is 17.7 Å². The van der Waals surface area contributed by atoms with Crippen molar-refractivity contribution in [3.05, 3.63) is 72.4 Å². The van der Waals surface area contributed by atoms with Gasteiger partial charge in [0.1, 0.15) is 0 Å². The highest BCUT2D eigenvalue weighted by Crippen LogP contribution is 2.20. The molecule has 2 aromatic carbocycles. The lowest BCUT2D eigenvalue weighted by atomic mass is 10.2. The minimum Gasteiger partial charge on any atom is -0.333 e. The Morgan fingerprint density at radius 3 is 2.54 bits per heavy atom. The molecule has 0 aliphatic carbocycles. The summed E-state index contributed by atoms with van der Waals surface area (Å²) in [5.74, 6) is -1.27. The van der Waals surface area contributed by atoms with Crippen molar-refractivity contribution >= 4 is 28.4 Å². The van der Waals surface area contributed by atoms with Crippen molar-refractivity contribution in [2.24, 2.45) is 0 Å². The van der Waals surface area contributed by atoms with Gasteiger partial charge >= 0.3 is 11.8 Å². The number of pyridine rings is 1. The molecule has 3 aromatic rings. The lowest BCUT2D eigenvalue weighted by Crippen LogP contribution is -2.36. The van der Waals surface area contributed by atoms with E-state index in [-0.39, 0.29) is 0 Å². The zero-order valence-corrected chi connectivity index (χ0v) is 13.3. The Morgan fingerprint density at radius 2 is 1.75 bits per heavy atom. The van der Waals surface area contributed by atoms with Gasteiger partial charge in [0.25, 0.3) is 0 Å². The van der Waals surface area contributed by atoms with Crippen LogP contribution in [0.25, 0.3) is 10.9 Å². The molecule has 0 saturated heterocycles. The van der Waals surface area contributed by atoms with Gasteiger partial charge in [-0.1, -0.05) is 48.5 Å². The Labute approximate surface area is 139 Å². The van der Waals surface area contributed by atoms with Crippen LogP contribution in [-0.2, 0) is 16.1 Å². The Kier molecular flexibility index (Phi) is 4.52. The summed E-state index contributed by atoms with van der Waals surface area (Å²) in [6.45, 7) is 0.376. The third-order valence-electron chi connectivity index (χ3n) is 3.68. The number of para-hydroxylation sites is 1. The number of benzene rings is 2. The van der Waals surface area contributed by atoms with Gasteiger partial charge in [0, 0.05) is 25.2 Å². The normalized spacial score (nSPS) is 10.4. The maximum Gasteiger partial charge on any atom is 0.313 e. The van der Waals surface area contributed by atoms with Crippen LogP contribution in [0.3, 0.4) is 0 Å². The van der Waals surface area contributed by atoms with Gasteiger partial charge in [0.15, 0.2) is 0 Å². The maximum atomic E-state index is 12.3. The lowest BCUT2D eigenvalue weighted by Gasteiger charge is -2.17. The van der Waals surface area contributed by atoms with E-state index in [1.54, 1.807) is 19.3 Å². The number of fused-ring (bicyclic) bond motifs is 1. The standard InChI is InChI=1S/C19H17N3O2/c1-22(13-14-7-3-2-4-8-14)19(24)18(23)21-16-11-5-9-15-10-6-12-20-17(15)16/h2-12H,13H2,1H3,(H,21,23). The van der Waals surface area contributed by atoms with Crippen LogP contribution in [0.15, 0.2) is 66.9 Å². The summed E-state index contributed by atoms with van der Waals surface area (Å²) in [5.41, 5.74) is 2.15. The Bertz CT molecular complexity index is 873. The molecule has 3 rings (SSSR count). The molecule has 0 saturated carbocycles. The Hall–Kier alpha value is -3.21. The highest BCUT2D eigenvalue weighted by atomic mass is 16.2. The van der Waals surface area contributed by atoms with Gasteiger partial charge in [-0.25, -0.2) is 0 Å². The van der Waals surface area contributed by atoms with Crippen molar-refractivity contribution in [3.8, 4) is 0 Å². The highest BCUT2D eigenvalue weighted by Gasteiger charge is 2.19. The number of aromatic nitrogens is 1. The van der Waals surface area contributed by atoms with Gasteiger partial charge in [-0.15, -0.1) is 0 Å². The Morgan fingerprint density at radius 1 is 1.00 bits per heavy atom. The highest BCUT2D eigenvalue weighted by molar-refractivity contribution is 6.40. The smallest absolute Gasteiger partial charge is 0.313 e. The number of carbonyl (C=O) groups is 2. The maximum absolute atomic E-state index is 12.3. The van der Waals surface area contributed by atoms with Crippen molar-refractivity contribution in [1.82, 2.24) is 9.88 Å². The molecule has 5 nitrogen and oxygen atoms in total. The number of likely N-dealkylation sites (N-methyl/N-ethyl adjacent to an activating group) is 1. The first-order chi connectivity index (χ1) is 11.6. The van der Waals surface area contributed by atoms with E-state index in [9.17, 15) is 9.59 Å². The minimum absolute atomic E-state index is 0.376. The molecule has 1 N–H and O–H groups in total. The quantitative estimate of drug-likeness (QED) is 0.755. The number of nitrogens with zero attached hydrogens (tertiary/aromatic N) is 2. The van der Waals surface area contributed by atoms with Gasteiger partial charge < -0.3 is 10.2 Å². The van der Waals surface area contributed by atoms with E-state index in [4.69, 9.17) is 0 Å². The number of hydrogen-bond donors (Lipinski definition) is 1. The van der Waals surface area contributed by atoms with E-state index >= 15 is 0 Å². The van der Waals surface area contributed by atoms with Gasteiger partial charge in [-0.3, -0.25) is 14.6 Å². The van der Waals surface area contributed by atoms with Crippen molar-refractivity contribution < 1.29 is 9.59 Å². The van der Waals surface area contributed by atoms with Gasteiger partial charge in [-0.05, 0) is 17.7 Å². The van der Waals surface area contributed by atoms with Gasteiger partial charge in [-0.2, -0.15) is 0 Å². The summed E-state index contributed by atoms with van der Waals surface area (Å²) in [4.78, 5) is 30.2. The third kappa shape index (κ3) is 3.41. The van der Waals surface area contributed by atoms with Crippen LogP contribution < -0.4 is 5.32 Å². The first-order valence-corrected chi connectivity index (χ1v) is 7.59. The minimum atomic E-state index is -0.674. The molecule has 0 aliphatic rings. The molecule has 0 spiro atoms. The topological polar surface area (TPSA) is 62.3 Å². The van der Waals surface area contributed by atoms with Crippen LogP contribution >= 0.6 is 0 Å². The molecular weight excluding hydrogens is 302 g/mol. The zero-order valence-electron chi connectivity index (χ0n) is 13.3. The predicted molar refractivity (Wildman–Crippen MR) is 93.3 cm³/mol. The number of anilines is 1. The summed E-state index contributed by atoms with van der Waals surface area (Å²) >= 11 is 0. The van der Waals surface area contributed by atoms with Crippen molar-refractivity contribution in [2.75, 3.05) is 12.4 Å². The van der Waals surface area contributed by atoms with Crippen LogP contribution in [0, 0.1) is 0 Å². The van der Waals surface area contributed by atoms with Crippen LogP contribution in [0.5, 0.6) is 0 Å². The second-order valence-corrected chi connectivity index (χ2v) is 5.48. The van der Waals surface area contributed by atoms with Crippen LogP contribution in [0.4, 0.5) is 5.69 Å². The number of amides is 2. The summed E-state index contributed by atoms with van der Waals surface area (Å²) in [5, 5.41) is 3.56. The number of rotatable bonds is 3. The number of nitrogens with one attached hydrogen (secondary N) is 1. The molecule has 5 heteroatoms. The molecule has 120 valence electrons. The zero-order chi connectivity index (χ0) is 16.9. The monoisotopic (exact) mass is 319 g/mol. The molecule has 1 aromatic heterocycles. The van der Waals surface area contributed by atoms with E-state index in [2.05, 4.69) is 10.3 Å². The third-order valence-corrected chi connectivity index (χ3v) is 3.68. The molecule has 0 aliphatic heterocycles. The predicted octanol–water partition coefficient (Wildman–Crippen LogP) is 2.83. The first kappa shape index (κ1) is 15.7. The fraction of sp³-hybridized carbons (Fsp3) is 0.105. The van der Waals surface area contributed by atoms with Crippen LogP contribution in [-0.4, -0.2) is 28.7 Å². The van der Waals surface area contributed by atoms with Crippen molar-refractivity contribution in [1.29, 1.82) is 0 Å². The largest absolute Gasteiger partial charge is 0.333 e. The van der Waals surface area contributed by atoms with Crippen LogP contribution in [0.1, 0.15) is 5.56 Å². The molecule has 0 radical (unpaired) electrons.